The largest absolute Gasteiger partial charge is 0.354 e. The lowest BCUT2D eigenvalue weighted by Crippen LogP contribution is -2.32. The van der Waals surface area contributed by atoms with E-state index in [2.05, 4.69) is 10.4 Å². The molecule has 4 rings (SSSR count). The summed E-state index contributed by atoms with van der Waals surface area (Å²) in [6.07, 6.45) is 8.83. The molecule has 0 unspecified atom stereocenters. The summed E-state index contributed by atoms with van der Waals surface area (Å²) in [5.74, 6) is 1.58. The minimum Gasteiger partial charge on any atom is -0.354 e. The lowest BCUT2D eigenvalue weighted by molar-refractivity contribution is -0.121. The van der Waals surface area contributed by atoms with Gasteiger partial charge in [-0.05, 0) is 36.6 Å². The van der Waals surface area contributed by atoms with Gasteiger partial charge in [-0.2, -0.15) is 0 Å². The molecule has 140 valence electrons. The fourth-order valence-corrected chi connectivity index (χ4v) is 4.53. The van der Waals surface area contributed by atoms with E-state index in [1.165, 1.54) is 30.4 Å². The molecule has 0 atom stereocenters. The molecule has 0 radical (unpaired) electrons. The van der Waals surface area contributed by atoms with E-state index in [4.69, 9.17) is 0 Å². The minimum absolute atomic E-state index is 0.0592. The molecule has 0 saturated heterocycles. The van der Waals surface area contributed by atoms with Crippen LogP contribution in [-0.2, 0) is 11.3 Å². The van der Waals surface area contributed by atoms with Gasteiger partial charge in [-0.25, -0.2) is 9.48 Å². The van der Waals surface area contributed by atoms with Gasteiger partial charge in [-0.15, -0.1) is 16.4 Å². The average Bonchev–Trinajstić information content (AvgIpc) is 3.07. The van der Waals surface area contributed by atoms with Gasteiger partial charge in [0, 0.05) is 19.0 Å². The van der Waals surface area contributed by atoms with Crippen molar-refractivity contribution in [1.82, 2.24) is 19.7 Å². The van der Waals surface area contributed by atoms with Crippen LogP contribution in [0.15, 0.2) is 22.3 Å². The molecule has 2 aromatic heterocycles. The Morgan fingerprint density at radius 2 is 2.08 bits per heavy atom. The van der Waals surface area contributed by atoms with Crippen LogP contribution in [0.3, 0.4) is 0 Å². The Labute approximate surface area is 157 Å². The zero-order valence-corrected chi connectivity index (χ0v) is 15.8. The van der Waals surface area contributed by atoms with Crippen molar-refractivity contribution < 1.29 is 4.79 Å². The Kier molecular flexibility index (Phi) is 5.24. The smallest absolute Gasteiger partial charge is 0.346 e. The zero-order valence-electron chi connectivity index (χ0n) is 15.0. The normalized spacial score (nSPS) is 17.7. The maximum absolute atomic E-state index is 12.7. The van der Waals surface area contributed by atoms with Gasteiger partial charge in [-0.3, -0.25) is 9.36 Å². The van der Waals surface area contributed by atoms with Crippen molar-refractivity contribution in [1.29, 1.82) is 0 Å². The summed E-state index contributed by atoms with van der Waals surface area (Å²) in [6, 6.07) is 4.26. The predicted octanol–water partition coefficient (Wildman–Crippen LogP) is 3.19. The van der Waals surface area contributed by atoms with Crippen LogP contribution in [0, 0.1) is 5.92 Å². The topological polar surface area (TPSA) is 68.9 Å². The van der Waals surface area contributed by atoms with Crippen molar-refractivity contribution in [3.05, 3.63) is 28.0 Å². The lowest BCUT2D eigenvalue weighted by Gasteiger charge is -2.08. The summed E-state index contributed by atoms with van der Waals surface area (Å²) in [4.78, 5) is 25.7. The Hall–Kier alpha value is -1.89. The number of aromatic nitrogens is 3. The van der Waals surface area contributed by atoms with Crippen LogP contribution in [0.2, 0.25) is 0 Å². The van der Waals surface area contributed by atoms with E-state index in [0.29, 0.717) is 19.5 Å². The summed E-state index contributed by atoms with van der Waals surface area (Å²) in [5.41, 5.74) is -0.0592. The second-order valence-electron chi connectivity index (χ2n) is 7.45. The second kappa shape index (κ2) is 7.78. The van der Waals surface area contributed by atoms with Gasteiger partial charge in [0.1, 0.15) is 0 Å². The summed E-state index contributed by atoms with van der Waals surface area (Å²) in [7, 11) is 0. The number of thiophene rings is 1. The quantitative estimate of drug-likeness (QED) is 0.771. The maximum Gasteiger partial charge on any atom is 0.346 e. The number of hydrogen-bond donors (Lipinski definition) is 1. The molecule has 7 heteroatoms. The van der Waals surface area contributed by atoms with Gasteiger partial charge < -0.3 is 5.32 Å². The molecule has 1 amide bonds. The first-order chi connectivity index (χ1) is 12.7. The number of rotatable bonds is 8. The van der Waals surface area contributed by atoms with Crippen LogP contribution in [0.25, 0.3) is 10.7 Å². The van der Waals surface area contributed by atoms with Crippen LogP contribution >= 0.6 is 11.3 Å². The average molecular weight is 375 g/mol. The first-order valence-electron chi connectivity index (χ1n) is 9.72. The van der Waals surface area contributed by atoms with Crippen molar-refractivity contribution in [2.75, 3.05) is 6.54 Å². The molecular weight excluding hydrogens is 348 g/mol. The van der Waals surface area contributed by atoms with E-state index in [0.717, 1.165) is 35.9 Å². The van der Waals surface area contributed by atoms with Crippen molar-refractivity contribution in [2.45, 2.75) is 64.0 Å². The third kappa shape index (κ3) is 3.92. The molecule has 2 fully saturated rings. The van der Waals surface area contributed by atoms with E-state index in [1.54, 1.807) is 11.3 Å². The van der Waals surface area contributed by atoms with Crippen LogP contribution in [0.1, 0.15) is 57.4 Å². The zero-order chi connectivity index (χ0) is 17.9. The van der Waals surface area contributed by atoms with E-state index in [9.17, 15) is 9.59 Å². The number of hydrogen-bond acceptors (Lipinski definition) is 4. The third-order valence-electron chi connectivity index (χ3n) is 5.42. The fraction of sp³-hybridized carbons (Fsp3) is 0.632. The Morgan fingerprint density at radius 3 is 2.77 bits per heavy atom. The standard InChI is InChI=1S/C19H26N4O2S/c24-17(10-7-14-4-1-2-5-14)20-11-12-22-19(25)23(15-8-9-15)18(21-22)16-6-3-13-26-16/h3,6,13-15H,1-2,4-5,7-12H2,(H,20,24). The highest BCUT2D eigenvalue weighted by atomic mass is 32.1. The van der Waals surface area contributed by atoms with Crippen molar-refractivity contribution >= 4 is 17.2 Å². The van der Waals surface area contributed by atoms with Crippen LogP contribution < -0.4 is 11.0 Å². The monoisotopic (exact) mass is 374 g/mol. The molecular formula is C19H26N4O2S. The van der Waals surface area contributed by atoms with Gasteiger partial charge in [0.2, 0.25) is 5.91 Å². The molecule has 26 heavy (non-hydrogen) atoms. The molecule has 2 saturated carbocycles. The van der Waals surface area contributed by atoms with Gasteiger partial charge in [0.15, 0.2) is 5.82 Å². The van der Waals surface area contributed by atoms with Crippen molar-refractivity contribution in [2.24, 2.45) is 5.92 Å². The highest BCUT2D eigenvalue weighted by molar-refractivity contribution is 7.13. The van der Waals surface area contributed by atoms with Gasteiger partial charge in [-0.1, -0.05) is 31.7 Å². The van der Waals surface area contributed by atoms with Crippen LogP contribution in [0.5, 0.6) is 0 Å². The van der Waals surface area contributed by atoms with Crippen LogP contribution in [0.4, 0.5) is 0 Å². The molecule has 6 nitrogen and oxygen atoms in total. The van der Waals surface area contributed by atoms with E-state index in [1.807, 2.05) is 22.1 Å². The molecule has 2 heterocycles. The van der Waals surface area contributed by atoms with Crippen molar-refractivity contribution in [3.63, 3.8) is 0 Å². The number of nitrogens with one attached hydrogen (secondary N) is 1. The molecule has 0 aromatic carbocycles. The number of carbonyl (C=O) groups is 1. The SMILES string of the molecule is O=C(CCC1CCCC1)NCCn1nc(-c2cccs2)n(C2CC2)c1=O. The Balaban J connectivity index is 1.34. The molecule has 0 aliphatic heterocycles. The van der Waals surface area contributed by atoms with Gasteiger partial charge >= 0.3 is 5.69 Å². The maximum atomic E-state index is 12.7. The van der Waals surface area contributed by atoms with E-state index in [-0.39, 0.29) is 17.6 Å². The number of amides is 1. The lowest BCUT2D eigenvalue weighted by atomic mass is 10.0. The Bertz CT molecular complexity index is 798. The molecule has 0 bridgehead atoms. The third-order valence-corrected chi connectivity index (χ3v) is 6.29. The predicted molar refractivity (Wildman–Crippen MR) is 102 cm³/mol. The molecule has 2 aromatic rings. The minimum atomic E-state index is -0.0592. The summed E-state index contributed by atoms with van der Waals surface area (Å²) in [5, 5.41) is 9.49. The molecule has 2 aliphatic carbocycles. The molecule has 1 N–H and O–H groups in total. The summed E-state index contributed by atoms with van der Waals surface area (Å²) >= 11 is 1.60. The molecule has 2 aliphatic rings. The first-order valence-corrected chi connectivity index (χ1v) is 10.6. The van der Waals surface area contributed by atoms with Crippen LogP contribution in [-0.4, -0.2) is 26.8 Å². The fourth-order valence-electron chi connectivity index (χ4n) is 3.83. The summed E-state index contributed by atoms with van der Waals surface area (Å²) in [6.45, 7) is 0.876. The van der Waals surface area contributed by atoms with E-state index < -0.39 is 0 Å². The highest BCUT2D eigenvalue weighted by Crippen LogP contribution is 2.37. The molecule has 0 spiro atoms. The van der Waals surface area contributed by atoms with E-state index >= 15 is 0 Å². The number of carbonyl (C=O) groups excluding carboxylic acids is 1. The Morgan fingerprint density at radius 1 is 1.27 bits per heavy atom. The highest BCUT2D eigenvalue weighted by Gasteiger charge is 2.30. The first kappa shape index (κ1) is 17.5. The summed E-state index contributed by atoms with van der Waals surface area (Å²) < 4.78 is 3.33. The van der Waals surface area contributed by atoms with Gasteiger partial charge in [0.25, 0.3) is 0 Å². The number of nitrogens with zero attached hydrogens (tertiary/aromatic N) is 3. The second-order valence-corrected chi connectivity index (χ2v) is 8.39. The van der Waals surface area contributed by atoms with Crippen molar-refractivity contribution in [3.8, 4) is 10.7 Å². The van der Waals surface area contributed by atoms with Gasteiger partial charge in [0.05, 0.1) is 11.4 Å².